The first-order valence-corrected chi connectivity index (χ1v) is 7.05. The number of nitrogens with one attached hydrogen (secondary N) is 2. The monoisotopic (exact) mass is 304 g/mol. The highest BCUT2D eigenvalue weighted by atomic mass is 19.2. The highest BCUT2D eigenvalue weighted by Crippen LogP contribution is 2.15. The smallest absolute Gasteiger partial charge is 0.234 e. The summed E-state index contributed by atoms with van der Waals surface area (Å²) in [4.78, 5) is 11.8. The molecule has 5 heteroatoms. The van der Waals surface area contributed by atoms with Gasteiger partial charge in [-0.1, -0.05) is 36.4 Å². The molecule has 1 atom stereocenters. The van der Waals surface area contributed by atoms with Crippen LogP contribution in [0.2, 0.25) is 0 Å². The van der Waals surface area contributed by atoms with Crippen molar-refractivity contribution in [2.45, 2.75) is 19.5 Å². The second-order valence-electron chi connectivity index (χ2n) is 5.04. The van der Waals surface area contributed by atoms with Gasteiger partial charge in [-0.3, -0.25) is 4.79 Å². The van der Waals surface area contributed by atoms with Crippen molar-refractivity contribution in [2.24, 2.45) is 0 Å². The Morgan fingerprint density at radius 1 is 1.09 bits per heavy atom. The maximum atomic E-state index is 13.2. The van der Waals surface area contributed by atoms with Gasteiger partial charge in [-0.2, -0.15) is 0 Å². The molecule has 0 aliphatic rings. The highest BCUT2D eigenvalue weighted by molar-refractivity contribution is 5.78. The number of benzene rings is 2. The van der Waals surface area contributed by atoms with E-state index in [1.165, 1.54) is 6.07 Å². The molecule has 0 spiro atoms. The molecule has 0 fully saturated rings. The average Bonchev–Trinajstić information content (AvgIpc) is 2.54. The molecule has 0 radical (unpaired) electrons. The van der Waals surface area contributed by atoms with Crippen LogP contribution in [0, 0.1) is 11.6 Å². The maximum Gasteiger partial charge on any atom is 0.234 e. The summed E-state index contributed by atoms with van der Waals surface area (Å²) in [6.45, 7) is 2.35. The van der Waals surface area contributed by atoms with Crippen molar-refractivity contribution in [3.05, 3.63) is 71.3 Å². The van der Waals surface area contributed by atoms with Gasteiger partial charge >= 0.3 is 0 Å². The number of rotatable bonds is 6. The average molecular weight is 304 g/mol. The summed E-state index contributed by atoms with van der Waals surface area (Å²) in [6.07, 6.45) is 0. The second kappa shape index (κ2) is 7.66. The lowest BCUT2D eigenvalue weighted by Crippen LogP contribution is -2.34. The van der Waals surface area contributed by atoms with Crippen molar-refractivity contribution in [1.82, 2.24) is 10.6 Å². The van der Waals surface area contributed by atoms with Crippen LogP contribution in [0.4, 0.5) is 8.78 Å². The van der Waals surface area contributed by atoms with Gasteiger partial charge < -0.3 is 10.6 Å². The highest BCUT2D eigenvalue weighted by Gasteiger charge is 2.10. The van der Waals surface area contributed by atoms with E-state index in [1.807, 2.05) is 30.3 Å². The van der Waals surface area contributed by atoms with Crippen LogP contribution < -0.4 is 10.6 Å². The van der Waals surface area contributed by atoms with Crippen LogP contribution in [0.5, 0.6) is 0 Å². The minimum atomic E-state index is -0.889. The molecule has 0 unspecified atom stereocenters. The normalized spacial score (nSPS) is 12.0. The van der Waals surface area contributed by atoms with Crippen LogP contribution >= 0.6 is 0 Å². The fraction of sp³-hybridized carbons (Fsp3) is 0.235. The van der Waals surface area contributed by atoms with Gasteiger partial charge in [-0.05, 0) is 30.2 Å². The number of halogens is 2. The van der Waals surface area contributed by atoms with E-state index >= 15 is 0 Å². The van der Waals surface area contributed by atoms with Crippen molar-refractivity contribution in [3.8, 4) is 0 Å². The minimum absolute atomic E-state index is 0.104. The summed E-state index contributed by atoms with van der Waals surface area (Å²) < 4.78 is 26.0. The molecule has 2 N–H and O–H groups in total. The third kappa shape index (κ3) is 4.63. The predicted molar refractivity (Wildman–Crippen MR) is 81.1 cm³/mol. The number of carbonyl (C=O) groups excluding carboxylic acids is 1. The Labute approximate surface area is 128 Å². The number of carbonyl (C=O) groups is 1. The Balaban J connectivity index is 1.79. The molecule has 0 aromatic heterocycles. The molecule has 22 heavy (non-hydrogen) atoms. The third-order valence-electron chi connectivity index (χ3n) is 3.34. The zero-order valence-electron chi connectivity index (χ0n) is 12.3. The second-order valence-corrected chi connectivity index (χ2v) is 5.04. The van der Waals surface area contributed by atoms with Crippen LogP contribution in [-0.2, 0) is 11.3 Å². The van der Waals surface area contributed by atoms with E-state index in [9.17, 15) is 13.6 Å². The summed E-state index contributed by atoms with van der Waals surface area (Å²) in [5, 5.41) is 5.77. The molecule has 0 saturated heterocycles. The quantitative estimate of drug-likeness (QED) is 0.861. The van der Waals surface area contributed by atoms with Crippen LogP contribution in [-0.4, -0.2) is 12.5 Å². The zero-order chi connectivity index (χ0) is 15.9. The van der Waals surface area contributed by atoms with Gasteiger partial charge in [0.2, 0.25) is 5.91 Å². The van der Waals surface area contributed by atoms with Crippen LogP contribution in [0.25, 0.3) is 0 Å². The molecule has 2 aromatic carbocycles. The van der Waals surface area contributed by atoms with Gasteiger partial charge in [-0.25, -0.2) is 8.78 Å². The summed E-state index contributed by atoms with van der Waals surface area (Å²) in [5.74, 6) is -1.92. The van der Waals surface area contributed by atoms with Gasteiger partial charge in [-0.15, -0.1) is 0 Å². The van der Waals surface area contributed by atoms with Crippen molar-refractivity contribution < 1.29 is 13.6 Å². The van der Waals surface area contributed by atoms with Gasteiger partial charge in [0.1, 0.15) is 0 Å². The Kier molecular flexibility index (Phi) is 5.61. The van der Waals surface area contributed by atoms with Crippen molar-refractivity contribution in [3.63, 3.8) is 0 Å². The molecular formula is C17H18F2N2O. The van der Waals surface area contributed by atoms with Crippen molar-refractivity contribution >= 4 is 5.91 Å². The molecule has 3 nitrogen and oxygen atoms in total. The first kappa shape index (κ1) is 16.1. The van der Waals surface area contributed by atoms with Gasteiger partial charge in [0.15, 0.2) is 11.6 Å². The predicted octanol–water partition coefficient (Wildman–Crippen LogP) is 2.93. The molecule has 0 saturated carbocycles. The van der Waals surface area contributed by atoms with Crippen LogP contribution in [0.15, 0.2) is 48.5 Å². The first-order valence-electron chi connectivity index (χ1n) is 7.05. The first-order chi connectivity index (χ1) is 10.6. The molecule has 0 aliphatic carbocycles. The van der Waals surface area contributed by atoms with E-state index in [0.717, 1.165) is 17.7 Å². The molecular weight excluding hydrogens is 286 g/mol. The Hall–Kier alpha value is -2.27. The topological polar surface area (TPSA) is 41.1 Å². The third-order valence-corrected chi connectivity index (χ3v) is 3.34. The lowest BCUT2D eigenvalue weighted by molar-refractivity contribution is -0.120. The maximum absolute atomic E-state index is 13.2. The number of hydrogen-bond acceptors (Lipinski definition) is 2. The van der Waals surface area contributed by atoms with Gasteiger partial charge in [0.05, 0.1) is 6.54 Å². The fourth-order valence-electron chi connectivity index (χ4n) is 2.00. The zero-order valence-corrected chi connectivity index (χ0v) is 12.3. The molecule has 2 rings (SSSR count). The van der Waals surface area contributed by atoms with E-state index in [4.69, 9.17) is 0 Å². The van der Waals surface area contributed by atoms with Crippen molar-refractivity contribution in [1.29, 1.82) is 0 Å². The Morgan fingerprint density at radius 2 is 1.82 bits per heavy atom. The molecule has 116 valence electrons. The largest absolute Gasteiger partial charge is 0.351 e. The Morgan fingerprint density at radius 3 is 2.50 bits per heavy atom. The summed E-state index contributed by atoms with van der Waals surface area (Å²) >= 11 is 0. The molecule has 0 bridgehead atoms. The molecule has 2 aromatic rings. The SMILES string of the molecule is C[C@@H](NCC(=O)NCc1ccccc1)c1ccc(F)c(F)c1. The standard InChI is InChI=1S/C17H18F2N2O/c1-12(14-7-8-15(18)16(19)9-14)20-11-17(22)21-10-13-5-3-2-4-6-13/h2-9,12,20H,10-11H2,1H3,(H,21,22)/t12-/m1/s1. The van der Waals surface area contributed by atoms with E-state index < -0.39 is 11.6 Å². The van der Waals surface area contributed by atoms with Gasteiger partial charge in [0, 0.05) is 12.6 Å². The lowest BCUT2D eigenvalue weighted by Gasteiger charge is -2.14. The van der Waals surface area contributed by atoms with E-state index in [-0.39, 0.29) is 18.5 Å². The summed E-state index contributed by atoms with van der Waals surface area (Å²) in [7, 11) is 0. The minimum Gasteiger partial charge on any atom is -0.351 e. The van der Waals surface area contributed by atoms with Crippen LogP contribution in [0.1, 0.15) is 24.1 Å². The molecule has 0 aliphatic heterocycles. The summed E-state index contributed by atoms with van der Waals surface area (Å²) in [6, 6.07) is 13.0. The van der Waals surface area contributed by atoms with Gasteiger partial charge in [0.25, 0.3) is 0 Å². The van der Waals surface area contributed by atoms with E-state index in [0.29, 0.717) is 12.1 Å². The molecule has 0 heterocycles. The van der Waals surface area contributed by atoms with E-state index in [1.54, 1.807) is 6.92 Å². The Bertz CT molecular complexity index is 632. The lowest BCUT2D eigenvalue weighted by atomic mass is 10.1. The molecule has 1 amide bonds. The number of amides is 1. The fourth-order valence-corrected chi connectivity index (χ4v) is 2.00. The van der Waals surface area contributed by atoms with E-state index in [2.05, 4.69) is 10.6 Å². The number of hydrogen-bond donors (Lipinski definition) is 2. The summed E-state index contributed by atoms with van der Waals surface area (Å²) in [5.41, 5.74) is 1.61. The van der Waals surface area contributed by atoms with Crippen LogP contribution in [0.3, 0.4) is 0 Å². The van der Waals surface area contributed by atoms with Crippen molar-refractivity contribution in [2.75, 3.05) is 6.54 Å².